The van der Waals surface area contributed by atoms with Gasteiger partial charge in [0.15, 0.2) is 0 Å². The molecule has 3 nitrogen and oxygen atoms in total. The van der Waals surface area contributed by atoms with E-state index >= 15 is 0 Å². The van der Waals surface area contributed by atoms with Crippen LogP contribution in [0.4, 0.5) is 0 Å². The minimum absolute atomic E-state index is 0.133. The van der Waals surface area contributed by atoms with Gasteiger partial charge in [0.05, 0.1) is 0 Å². The summed E-state index contributed by atoms with van der Waals surface area (Å²) in [5, 5.41) is 3.37. The first kappa shape index (κ1) is 14.1. The third kappa shape index (κ3) is 3.57. The van der Waals surface area contributed by atoms with Gasteiger partial charge in [-0.25, -0.2) is 0 Å². The number of amides is 1. The molecule has 1 aromatic carbocycles. The Morgan fingerprint density at radius 1 is 1.37 bits per heavy atom. The Bertz CT molecular complexity index is 450. The molecule has 0 spiro atoms. The summed E-state index contributed by atoms with van der Waals surface area (Å²) in [7, 11) is 1.90. The molecule has 0 bridgehead atoms. The molecule has 1 aromatic rings. The van der Waals surface area contributed by atoms with Gasteiger partial charge in [0.25, 0.3) is 5.91 Å². The Hall–Kier alpha value is -1.35. The molecular formula is C16H24N2O. The second-order valence-corrected chi connectivity index (χ2v) is 5.67. The van der Waals surface area contributed by atoms with Gasteiger partial charge < -0.3 is 10.2 Å². The van der Waals surface area contributed by atoms with Gasteiger partial charge in [0.1, 0.15) is 0 Å². The van der Waals surface area contributed by atoms with Crippen LogP contribution >= 0.6 is 0 Å². The van der Waals surface area contributed by atoms with Gasteiger partial charge >= 0.3 is 0 Å². The molecule has 0 radical (unpaired) electrons. The van der Waals surface area contributed by atoms with E-state index in [1.165, 1.54) is 17.5 Å². The topological polar surface area (TPSA) is 32.3 Å². The molecule has 0 aliphatic carbocycles. The fourth-order valence-corrected chi connectivity index (χ4v) is 2.53. The SMILES string of the molecule is Cc1ccc(C(=O)N(C)CCC2CCNC2)cc1C. The van der Waals surface area contributed by atoms with Crippen molar-refractivity contribution in [1.29, 1.82) is 0 Å². The van der Waals surface area contributed by atoms with E-state index in [2.05, 4.69) is 19.2 Å². The van der Waals surface area contributed by atoms with Crippen molar-refractivity contribution in [2.45, 2.75) is 26.7 Å². The van der Waals surface area contributed by atoms with E-state index in [4.69, 9.17) is 0 Å². The average Bonchev–Trinajstić information content (AvgIpc) is 2.91. The maximum atomic E-state index is 12.3. The minimum Gasteiger partial charge on any atom is -0.342 e. The predicted molar refractivity (Wildman–Crippen MR) is 78.5 cm³/mol. The molecule has 2 rings (SSSR count). The molecule has 1 fully saturated rings. The van der Waals surface area contributed by atoms with Crippen molar-refractivity contribution >= 4 is 5.91 Å². The first-order valence-electron chi connectivity index (χ1n) is 7.11. The van der Waals surface area contributed by atoms with Crippen LogP contribution in [0.3, 0.4) is 0 Å². The Balaban J connectivity index is 1.92. The van der Waals surface area contributed by atoms with Crippen molar-refractivity contribution in [1.82, 2.24) is 10.2 Å². The molecule has 1 atom stereocenters. The van der Waals surface area contributed by atoms with E-state index in [-0.39, 0.29) is 5.91 Å². The minimum atomic E-state index is 0.133. The summed E-state index contributed by atoms with van der Waals surface area (Å²) in [5.41, 5.74) is 3.21. The molecule has 1 amide bonds. The van der Waals surface area contributed by atoms with Gasteiger partial charge in [-0.2, -0.15) is 0 Å². The summed E-state index contributed by atoms with van der Waals surface area (Å²) in [6, 6.07) is 5.95. The van der Waals surface area contributed by atoms with E-state index in [0.717, 1.165) is 37.5 Å². The first-order valence-corrected chi connectivity index (χ1v) is 7.11. The zero-order chi connectivity index (χ0) is 13.8. The zero-order valence-electron chi connectivity index (χ0n) is 12.2. The van der Waals surface area contributed by atoms with Gasteiger partial charge in [0, 0.05) is 19.2 Å². The van der Waals surface area contributed by atoms with Crippen LogP contribution in [0.15, 0.2) is 18.2 Å². The highest BCUT2D eigenvalue weighted by atomic mass is 16.2. The van der Waals surface area contributed by atoms with Crippen LogP contribution in [-0.2, 0) is 0 Å². The number of benzene rings is 1. The van der Waals surface area contributed by atoms with E-state index in [0.29, 0.717) is 0 Å². The molecule has 1 aliphatic rings. The van der Waals surface area contributed by atoms with E-state index in [9.17, 15) is 4.79 Å². The number of hydrogen-bond acceptors (Lipinski definition) is 2. The van der Waals surface area contributed by atoms with Crippen LogP contribution in [0.25, 0.3) is 0 Å². The smallest absolute Gasteiger partial charge is 0.253 e. The molecule has 1 unspecified atom stereocenters. The number of carbonyl (C=O) groups excluding carboxylic acids is 1. The second-order valence-electron chi connectivity index (χ2n) is 5.67. The monoisotopic (exact) mass is 260 g/mol. The molecule has 104 valence electrons. The number of hydrogen-bond donors (Lipinski definition) is 1. The Kier molecular flexibility index (Phi) is 4.59. The maximum absolute atomic E-state index is 12.3. The summed E-state index contributed by atoms with van der Waals surface area (Å²) < 4.78 is 0. The standard InChI is InChI=1S/C16H24N2O/c1-12-4-5-15(10-13(12)2)16(19)18(3)9-7-14-6-8-17-11-14/h4-5,10,14,17H,6-9,11H2,1-3H3. The van der Waals surface area contributed by atoms with Crippen LogP contribution in [0.5, 0.6) is 0 Å². The van der Waals surface area contributed by atoms with Crippen molar-refractivity contribution in [2.24, 2.45) is 5.92 Å². The molecule has 3 heteroatoms. The van der Waals surface area contributed by atoms with Crippen LogP contribution in [-0.4, -0.2) is 37.5 Å². The lowest BCUT2D eigenvalue weighted by molar-refractivity contribution is 0.0788. The maximum Gasteiger partial charge on any atom is 0.253 e. The molecule has 1 aliphatic heterocycles. The van der Waals surface area contributed by atoms with Crippen LogP contribution < -0.4 is 5.32 Å². The summed E-state index contributed by atoms with van der Waals surface area (Å²) in [6.07, 6.45) is 2.34. The van der Waals surface area contributed by atoms with Gasteiger partial charge in [-0.15, -0.1) is 0 Å². The van der Waals surface area contributed by atoms with Crippen molar-refractivity contribution in [3.05, 3.63) is 34.9 Å². The normalized spacial score (nSPS) is 18.6. The second kappa shape index (κ2) is 6.20. The van der Waals surface area contributed by atoms with Crippen LogP contribution in [0.2, 0.25) is 0 Å². The molecule has 0 aromatic heterocycles. The van der Waals surface area contributed by atoms with Gasteiger partial charge in [0.2, 0.25) is 0 Å². The van der Waals surface area contributed by atoms with Gasteiger partial charge in [-0.05, 0) is 69.0 Å². The van der Waals surface area contributed by atoms with E-state index < -0.39 is 0 Å². The summed E-state index contributed by atoms with van der Waals surface area (Å²) in [5.74, 6) is 0.865. The Morgan fingerprint density at radius 2 is 2.16 bits per heavy atom. The zero-order valence-corrected chi connectivity index (χ0v) is 12.2. The van der Waals surface area contributed by atoms with E-state index in [1.807, 2.05) is 30.1 Å². The van der Waals surface area contributed by atoms with E-state index in [1.54, 1.807) is 0 Å². The lowest BCUT2D eigenvalue weighted by atomic mass is 10.0. The quantitative estimate of drug-likeness (QED) is 0.901. The molecule has 1 saturated heterocycles. The summed E-state index contributed by atoms with van der Waals surface area (Å²) in [4.78, 5) is 14.2. The van der Waals surface area contributed by atoms with Crippen molar-refractivity contribution in [3.63, 3.8) is 0 Å². The Morgan fingerprint density at radius 3 is 2.79 bits per heavy atom. The number of nitrogens with zero attached hydrogens (tertiary/aromatic N) is 1. The third-order valence-electron chi connectivity index (χ3n) is 4.14. The number of carbonyl (C=O) groups is 1. The third-order valence-corrected chi connectivity index (χ3v) is 4.14. The van der Waals surface area contributed by atoms with Gasteiger partial charge in [-0.1, -0.05) is 6.07 Å². The lowest BCUT2D eigenvalue weighted by Crippen LogP contribution is -2.29. The molecule has 1 heterocycles. The highest BCUT2D eigenvalue weighted by Gasteiger charge is 2.17. The first-order chi connectivity index (χ1) is 9.08. The average molecular weight is 260 g/mol. The highest BCUT2D eigenvalue weighted by Crippen LogP contribution is 2.15. The van der Waals surface area contributed by atoms with Crippen molar-refractivity contribution in [2.75, 3.05) is 26.7 Å². The molecular weight excluding hydrogens is 236 g/mol. The molecule has 1 N–H and O–H groups in total. The largest absolute Gasteiger partial charge is 0.342 e. The van der Waals surface area contributed by atoms with Crippen LogP contribution in [0.1, 0.15) is 34.3 Å². The fourth-order valence-electron chi connectivity index (χ4n) is 2.53. The molecule has 0 saturated carbocycles. The van der Waals surface area contributed by atoms with Crippen LogP contribution in [0, 0.1) is 19.8 Å². The number of nitrogens with one attached hydrogen (secondary N) is 1. The summed E-state index contributed by atoms with van der Waals surface area (Å²) >= 11 is 0. The van der Waals surface area contributed by atoms with Gasteiger partial charge in [-0.3, -0.25) is 4.79 Å². The Labute approximate surface area is 116 Å². The van der Waals surface area contributed by atoms with Crippen molar-refractivity contribution in [3.8, 4) is 0 Å². The predicted octanol–water partition coefficient (Wildman–Crippen LogP) is 2.38. The van der Waals surface area contributed by atoms with Crippen molar-refractivity contribution < 1.29 is 4.79 Å². The number of aryl methyl sites for hydroxylation is 2. The fraction of sp³-hybridized carbons (Fsp3) is 0.562. The number of rotatable bonds is 4. The summed E-state index contributed by atoms with van der Waals surface area (Å²) in [6.45, 7) is 7.19. The highest BCUT2D eigenvalue weighted by molar-refractivity contribution is 5.94. The molecule has 19 heavy (non-hydrogen) atoms. The lowest BCUT2D eigenvalue weighted by Gasteiger charge is -2.19.